The molecule has 0 fully saturated rings. The molecule has 0 N–H and O–H groups in total. The lowest BCUT2D eigenvalue weighted by molar-refractivity contribution is 0.0599. The van der Waals surface area contributed by atoms with E-state index in [0.717, 1.165) is 11.1 Å². The number of alkyl halides is 1. The highest BCUT2D eigenvalue weighted by Gasteiger charge is 2.13. The SMILES string of the molecule is COC(=O)c1cc(F)cc(CBr)c1C. The molecule has 0 saturated carbocycles. The molecule has 4 heteroatoms. The van der Waals surface area contributed by atoms with E-state index in [-0.39, 0.29) is 5.56 Å². The number of carbonyl (C=O) groups is 1. The van der Waals surface area contributed by atoms with Crippen LogP contribution in [0.15, 0.2) is 12.1 Å². The third-order valence-electron chi connectivity index (χ3n) is 2.03. The number of carbonyl (C=O) groups excluding carboxylic acids is 1. The van der Waals surface area contributed by atoms with Crippen LogP contribution in [0.25, 0.3) is 0 Å². The summed E-state index contributed by atoms with van der Waals surface area (Å²) >= 11 is 3.23. The van der Waals surface area contributed by atoms with Crippen molar-refractivity contribution in [2.75, 3.05) is 7.11 Å². The molecule has 0 saturated heterocycles. The van der Waals surface area contributed by atoms with Crippen LogP contribution >= 0.6 is 15.9 Å². The highest BCUT2D eigenvalue weighted by atomic mass is 79.9. The van der Waals surface area contributed by atoms with Crippen molar-refractivity contribution in [1.82, 2.24) is 0 Å². The Morgan fingerprint density at radius 3 is 2.71 bits per heavy atom. The van der Waals surface area contributed by atoms with E-state index in [1.165, 1.54) is 19.2 Å². The van der Waals surface area contributed by atoms with Crippen LogP contribution in [-0.4, -0.2) is 13.1 Å². The molecule has 0 bridgehead atoms. The Hall–Kier alpha value is -0.900. The molecule has 0 spiro atoms. The number of methoxy groups -OCH3 is 1. The van der Waals surface area contributed by atoms with Crippen LogP contribution in [0, 0.1) is 12.7 Å². The third-order valence-corrected chi connectivity index (χ3v) is 2.63. The van der Waals surface area contributed by atoms with Crippen LogP contribution in [0.5, 0.6) is 0 Å². The van der Waals surface area contributed by atoms with Gasteiger partial charge in [-0.05, 0) is 30.2 Å². The Balaban J connectivity index is 3.29. The van der Waals surface area contributed by atoms with Gasteiger partial charge in [0.15, 0.2) is 0 Å². The first-order valence-electron chi connectivity index (χ1n) is 4.03. The fourth-order valence-corrected chi connectivity index (χ4v) is 1.78. The van der Waals surface area contributed by atoms with Gasteiger partial charge < -0.3 is 4.74 Å². The van der Waals surface area contributed by atoms with Crippen molar-refractivity contribution in [2.45, 2.75) is 12.3 Å². The van der Waals surface area contributed by atoms with Gasteiger partial charge in [-0.1, -0.05) is 15.9 Å². The molecular weight excluding hydrogens is 251 g/mol. The smallest absolute Gasteiger partial charge is 0.338 e. The summed E-state index contributed by atoms with van der Waals surface area (Å²) in [6, 6.07) is 2.59. The van der Waals surface area contributed by atoms with Crippen molar-refractivity contribution in [3.05, 3.63) is 34.6 Å². The van der Waals surface area contributed by atoms with E-state index in [1.54, 1.807) is 6.92 Å². The summed E-state index contributed by atoms with van der Waals surface area (Å²) in [5, 5.41) is 0.514. The van der Waals surface area contributed by atoms with E-state index in [0.29, 0.717) is 5.33 Å². The van der Waals surface area contributed by atoms with Gasteiger partial charge in [-0.25, -0.2) is 9.18 Å². The van der Waals surface area contributed by atoms with Gasteiger partial charge in [0.25, 0.3) is 0 Å². The van der Waals surface area contributed by atoms with Crippen molar-refractivity contribution in [3.8, 4) is 0 Å². The molecule has 0 aromatic heterocycles. The zero-order chi connectivity index (χ0) is 10.7. The van der Waals surface area contributed by atoms with Crippen molar-refractivity contribution in [2.24, 2.45) is 0 Å². The van der Waals surface area contributed by atoms with Crippen molar-refractivity contribution >= 4 is 21.9 Å². The monoisotopic (exact) mass is 260 g/mol. The maximum Gasteiger partial charge on any atom is 0.338 e. The molecule has 2 nitrogen and oxygen atoms in total. The van der Waals surface area contributed by atoms with Gasteiger partial charge in [-0.15, -0.1) is 0 Å². The van der Waals surface area contributed by atoms with Crippen LogP contribution < -0.4 is 0 Å². The lowest BCUT2D eigenvalue weighted by atomic mass is 10.0. The number of ether oxygens (including phenoxy) is 1. The molecule has 0 atom stereocenters. The third kappa shape index (κ3) is 2.12. The van der Waals surface area contributed by atoms with Crippen LogP contribution in [0.2, 0.25) is 0 Å². The quantitative estimate of drug-likeness (QED) is 0.604. The van der Waals surface area contributed by atoms with Crippen LogP contribution in [0.1, 0.15) is 21.5 Å². The Kier molecular flexibility index (Phi) is 3.63. The summed E-state index contributed by atoms with van der Waals surface area (Å²) in [5.41, 5.74) is 1.78. The van der Waals surface area contributed by atoms with Gasteiger partial charge in [0.2, 0.25) is 0 Å². The second kappa shape index (κ2) is 4.55. The van der Waals surface area contributed by atoms with Gasteiger partial charge in [0, 0.05) is 5.33 Å². The molecule has 0 radical (unpaired) electrons. The summed E-state index contributed by atoms with van der Waals surface area (Å²) in [7, 11) is 1.28. The summed E-state index contributed by atoms with van der Waals surface area (Å²) in [6.45, 7) is 1.77. The molecule has 0 amide bonds. The fraction of sp³-hybridized carbons (Fsp3) is 0.300. The summed E-state index contributed by atoms with van der Waals surface area (Å²) < 4.78 is 17.6. The first-order chi connectivity index (χ1) is 6.60. The Morgan fingerprint density at radius 1 is 1.57 bits per heavy atom. The van der Waals surface area contributed by atoms with E-state index >= 15 is 0 Å². The minimum absolute atomic E-state index is 0.280. The number of hydrogen-bond donors (Lipinski definition) is 0. The highest BCUT2D eigenvalue weighted by Crippen LogP contribution is 2.19. The molecule has 14 heavy (non-hydrogen) atoms. The topological polar surface area (TPSA) is 26.3 Å². The lowest BCUT2D eigenvalue weighted by Gasteiger charge is -2.08. The zero-order valence-corrected chi connectivity index (χ0v) is 9.52. The average molecular weight is 261 g/mol. The molecule has 0 aliphatic heterocycles. The van der Waals surface area contributed by atoms with E-state index in [9.17, 15) is 9.18 Å². The molecule has 0 aliphatic carbocycles. The minimum Gasteiger partial charge on any atom is -0.465 e. The molecule has 1 aromatic carbocycles. The molecule has 0 heterocycles. The van der Waals surface area contributed by atoms with Crippen LogP contribution in [0.3, 0.4) is 0 Å². The Morgan fingerprint density at radius 2 is 2.21 bits per heavy atom. The average Bonchev–Trinajstić information content (AvgIpc) is 2.19. The summed E-state index contributed by atoms with van der Waals surface area (Å²) in [4.78, 5) is 11.3. The Labute approximate surface area is 90.2 Å². The van der Waals surface area contributed by atoms with Crippen molar-refractivity contribution in [1.29, 1.82) is 0 Å². The second-order valence-electron chi connectivity index (χ2n) is 2.86. The van der Waals surface area contributed by atoms with Gasteiger partial charge in [0.1, 0.15) is 5.82 Å². The number of benzene rings is 1. The zero-order valence-electron chi connectivity index (χ0n) is 7.93. The lowest BCUT2D eigenvalue weighted by Crippen LogP contribution is -2.06. The van der Waals surface area contributed by atoms with Crippen molar-refractivity contribution < 1.29 is 13.9 Å². The van der Waals surface area contributed by atoms with E-state index < -0.39 is 11.8 Å². The van der Waals surface area contributed by atoms with E-state index in [2.05, 4.69) is 20.7 Å². The van der Waals surface area contributed by atoms with Gasteiger partial charge in [-0.2, -0.15) is 0 Å². The fourth-order valence-electron chi connectivity index (χ4n) is 1.20. The molecule has 76 valence electrons. The number of halogens is 2. The number of esters is 1. The first kappa shape index (κ1) is 11.2. The normalized spacial score (nSPS) is 10.0. The second-order valence-corrected chi connectivity index (χ2v) is 3.42. The van der Waals surface area contributed by atoms with E-state index in [4.69, 9.17) is 0 Å². The number of hydrogen-bond acceptors (Lipinski definition) is 2. The summed E-state index contributed by atoms with van der Waals surface area (Å²) in [6.07, 6.45) is 0. The largest absolute Gasteiger partial charge is 0.465 e. The van der Waals surface area contributed by atoms with Gasteiger partial charge in [0.05, 0.1) is 12.7 Å². The van der Waals surface area contributed by atoms with Crippen LogP contribution in [0.4, 0.5) is 4.39 Å². The highest BCUT2D eigenvalue weighted by molar-refractivity contribution is 9.08. The minimum atomic E-state index is -0.510. The molecule has 0 unspecified atom stereocenters. The first-order valence-corrected chi connectivity index (χ1v) is 5.15. The maximum absolute atomic E-state index is 13.1. The van der Waals surface area contributed by atoms with Crippen LogP contribution in [-0.2, 0) is 10.1 Å². The molecule has 0 aliphatic rings. The maximum atomic E-state index is 13.1. The Bertz CT molecular complexity index is 363. The number of rotatable bonds is 2. The molecule has 1 aromatic rings. The van der Waals surface area contributed by atoms with Gasteiger partial charge >= 0.3 is 5.97 Å². The standard InChI is InChI=1S/C10H10BrFO2/c1-6-7(5-11)3-8(12)4-9(6)10(13)14-2/h3-4H,5H2,1-2H3. The van der Waals surface area contributed by atoms with Gasteiger partial charge in [-0.3, -0.25) is 0 Å². The summed E-state index contributed by atoms with van der Waals surface area (Å²) in [5.74, 6) is -0.936. The predicted octanol–water partition coefficient (Wildman–Crippen LogP) is 2.82. The molecule has 1 rings (SSSR count). The van der Waals surface area contributed by atoms with E-state index in [1.807, 2.05) is 0 Å². The predicted molar refractivity (Wildman–Crippen MR) is 55.1 cm³/mol. The molecular formula is C10H10BrFO2. The van der Waals surface area contributed by atoms with Crippen molar-refractivity contribution in [3.63, 3.8) is 0 Å².